The SMILES string of the molecule is CN=C(NCc1cccc(COC(C)(C)C)c1)NCc1ncc(C)s1. The lowest BCUT2D eigenvalue weighted by Crippen LogP contribution is -2.36. The lowest BCUT2D eigenvalue weighted by Gasteiger charge is -2.19. The monoisotopic (exact) mass is 360 g/mol. The van der Waals surface area contributed by atoms with Gasteiger partial charge in [0, 0.05) is 24.7 Å². The van der Waals surface area contributed by atoms with Crippen LogP contribution in [0.15, 0.2) is 35.5 Å². The number of nitrogens with zero attached hydrogens (tertiary/aromatic N) is 2. The molecule has 2 aromatic rings. The van der Waals surface area contributed by atoms with Crippen LogP contribution in [0.4, 0.5) is 0 Å². The Morgan fingerprint density at radius 2 is 1.92 bits per heavy atom. The topological polar surface area (TPSA) is 58.5 Å². The highest BCUT2D eigenvalue weighted by Crippen LogP contribution is 2.13. The lowest BCUT2D eigenvalue weighted by atomic mass is 10.1. The van der Waals surface area contributed by atoms with Crippen LogP contribution in [-0.2, 0) is 24.4 Å². The van der Waals surface area contributed by atoms with Crippen molar-refractivity contribution in [3.8, 4) is 0 Å². The van der Waals surface area contributed by atoms with Crippen molar-refractivity contribution < 1.29 is 4.74 Å². The molecule has 0 atom stereocenters. The smallest absolute Gasteiger partial charge is 0.191 e. The summed E-state index contributed by atoms with van der Waals surface area (Å²) in [5.74, 6) is 0.768. The van der Waals surface area contributed by atoms with Gasteiger partial charge in [-0.05, 0) is 38.8 Å². The summed E-state index contributed by atoms with van der Waals surface area (Å²) in [6.07, 6.45) is 1.89. The van der Waals surface area contributed by atoms with E-state index in [2.05, 4.69) is 72.6 Å². The van der Waals surface area contributed by atoms with Crippen molar-refractivity contribution in [2.24, 2.45) is 4.99 Å². The summed E-state index contributed by atoms with van der Waals surface area (Å²) in [7, 11) is 1.77. The molecule has 2 rings (SSSR count). The molecule has 6 heteroatoms. The third kappa shape index (κ3) is 7.23. The molecule has 0 bridgehead atoms. The minimum Gasteiger partial charge on any atom is -0.371 e. The molecule has 136 valence electrons. The van der Waals surface area contributed by atoms with E-state index < -0.39 is 0 Å². The Balaban J connectivity index is 1.84. The molecule has 0 amide bonds. The molecule has 1 aromatic carbocycles. The third-order valence-electron chi connectivity index (χ3n) is 3.42. The Bertz CT molecular complexity index is 703. The highest BCUT2D eigenvalue weighted by molar-refractivity contribution is 7.11. The van der Waals surface area contributed by atoms with E-state index in [0.29, 0.717) is 19.7 Å². The molecule has 0 aliphatic carbocycles. The number of aliphatic imine (C=N–C) groups is 1. The Morgan fingerprint density at radius 3 is 2.56 bits per heavy atom. The summed E-state index contributed by atoms with van der Waals surface area (Å²) < 4.78 is 5.84. The number of thiazole rings is 1. The number of aromatic nitrogens is 1. The normalized spacial score (nSPS) is 12.3. The van der Waals surface area contributed by atoms with Gasteiger partial charge in [-0.15, -0.1) is 11.3 Å². The van der Waals surface area contributed by atoms with E-state index in [-0.39, 0.29) is 5.60 Å². The largest absolute Gasteiger partial charge is 0.371 e. The number of guanidine groups is 1. The molecule has 0 aliphatic rings. The Hall–Kier alpha value is -1.92. The highest BCUT2D eigenvalue weighted by Gasteiger charge is 2.10. The molecule has 0 saturated heterocycles. The first-order chi connectivity index (χ1) is 11.9. The van der Waals surface area contributed by atoms with Crippen LogP contribution in [-0.4, -0.2) is 23.6 Å². The van der Waals surface area contributed by atoms with E-state index in [0.717, 1.165) is 11.0 Å². The van der Waals surface area contributed by atoms with Crippen molar-refractivity contribution in [3.63, 3.8) is 0 Å². The van der Waals surface area contributed by atoms with Gasteiger partial charge < -0.3 is 15.4 Å². The van der Waals surface area contributed by atoms with Crippen LogP contribution in [0, 0.1) is 6.92 Å². The molecular weight excluding hydrogens is 332 g/mol. The first-order valence-corrected chi connectivity index (χ1v) is 9.25. The molecule has 0 unspecified atom stereocenters. The molecule has 1 aromatic heterocycles. The number of hydrogen-bond donors (Lipinski definition) is 2. The van der Waals surface area contributed by atoms with Crippen LogP contribution in [0.2, 0.25) is 0 Å². The molecule has 0 saturated carbocycles. The summed E-state index contributed by atoms with van der Waals surface area (Å²) in [6.45, 7) is 10.3. The standard InChI is InChI=1S/C19H28N4OS/c1-14-10-21-17(25-14)12-23-18(20-5)22-11-15-7-6-8-16(9-15)13-24-19(2,3)4/h6-10H,11-13H2,1-5H3,(H2,20,22,23). The van der Waals surface area contributed by atoms with Crippen molar-refractivity contribution in [2.75, 3.05) is 7.05 Å². The zero-order valence-electron chi connectivity index (χ0n) is 15.7. The van der Waals surface area contributed by atoms with Crippen molar-refractivity contribution in [1.82, 2.24) is 15.6 Å². The predicted molar refractivity (Wildman–Crippen MR) is 105 cm³/mol. The lowest BCUT2D eigenvalue weighted by molar-refractivity contribution is -0.0149. The number of ether oxygens (including phenoxy) is 1. The van der Waals surface area contributed by atoms with Gasteiger partial charge >= 0.3 is 0 Å². The molecule has 5 nitrogen and oxygen atoms in total. The Labute approximate surface area is 154 Å². The zero-order chi connectivity index (χ0) is 18.3. The van der Waals surface area contributed by atoms with Gasteiger partial charge in [-0.2, -0.15) is 0 Å². The fourth-order valence-electron chi connectivity index (χ4n) is 2.18. The minimum atomic E-state index is -0.131. The maximum absolute atomic E-state index is 5.84. The maximum Gasteiger partial charge on any atom is 0.191 e. The maximum atomic E-state index is 5.84. The molecule has 25 heavy (non-hydrogen) atoms. The summed E-state index contributed by atoms with van der Waals surface area (Å²) >= 11 is 1.69. The zero-order valence-corrected chi connectivity index (χ0v) is 16.5. The predicted octanol–water partition coefficient (Wildman–Crippen LogP) is 3.63. The number of benzene rings is 1. The van der Waals surface area contributed by atoms with Crippen LogP contribution in [0.25, 0.3) is 0 Å². The van der Waals surface area contributed by atoms with E-state index in [4.69, 9.17) is 4.74 Å². The average Bonchev–Trinajstić information content (AvgIpc) is 2.98. The third-order valence-corrected chi connectivity index (χ3v) is 4.34. The Kier molecular flexibility index (Phi) is 6.96. The second-order valence-corrected chi connectivity index (χ2v) is 8.18. The first-order valence-electron chi connectivity index (χ1n) is 8.43. The highest BCUT2D eigenvalue weighted by atomic mass is 32.1. The fourth-order valence-corrected chi connectivity index (χ4v) is 2.90. The van der Waals surface area contributed by atoms with Crippen LogP contribution in [0.1, 0.15) is 41.8 Å². The van der Waals surface area contributed by atoms with Crippen molar-refractivity contribution in [3.05, 3.63) is 51.5 Å². The van der Waals surface area contributed by atoms with Crippen molar-refractivity contribution in [1.29, 1.82) is 0 Å². The molecule has 0 spiro atoms. The molecular formula is C19H28N4OS. The van der Waals surface area contributed by atoms with E-state index in [9.17, 15) is 0 Å². The summed E-state index contributed by atoms with van der Waals surface area (Å²) in [5.41, 5.74) is 2.24. The van der Waals surface area contributed by atoms with Crippen LogP contribution in [0.3, 0.4) is 0 Å². The molecule has 2 N–H and O–H groups in total. The fraction of sp³-hybridized carbons (Fsp3) is 0.474. The number of nitrogens with one attached hydrogen (secondary N) is 2. The second kappa shape index (κ2) is 8.97. The van der Waals surface area contributed by atoms with Gasteiger partial charge in [0.05, 0.1) is 18.8 Å². The van der Waals surface area contributed by atoms with E-state index in [1.165, 1.54) is 16.0 Å². The van der Waals surface area contributed by atoms with Crippen molar-refractivity contribution in [2.45, 2.75) is 53.0 Å². The van der Waals surface area contributed by atoms with Crippen LogP contribution < -0.4 is 10.6 Å². The molecule has 1 heterocycles. The number of hydrogen-bond acceptors (Lipinski definition) is 4. The first kappa shape index (κ1) is 19.4. The van der Waals surface area contributed by atoms with E-state index in [1.54, 1.807) is 18.4 Å². The minimum absolute atomic E-state index is 0.131. The van der Waals surface area contributed by atoms with Gasteiger partial charge in [0.2, 0.25) is 0 Å². The quantitative estimate of drug-likeness (QED) is 0.610. The number of aryl methyl sites for hydroxylation is 1. The van der Waals surface area contributed by atoms with Gasteiger partial charge in [-0.25, -0.2) is 4.98 Å². The van der Waals surface area contributed by atoms with Gasteiger partial charge in [-0.1, -0.05) is 24.3 Å². The van der Waals surface area contributed by atoms with Crippen LogP contribution >= 0.6 is 11.3 Å². The van der Waals surface area contributed by atoms with E-state index >= 15 is 0 Å². The average molecular weight is 361 g/mol. The van der Waals surface area contributed by atoms with Gasteiger partial charge in [0.1, 0.15) is 5.01 Å². The van der Waals surface area contributed by atoms with Gasteiger partial charge in [0.15, 0.2) is 5.96 Å². The molecule has 0 radical (unpaired) electrons. The van der Waals surface area contributed by atoms with Gasteiger partial charge in [0.25, 0.3) is 0 Å². The molecule has 0 aliphatic heterocycles. The summed E-state index contributed by atoms with van der Waals surface area (Å²) in [5, 5.41) is 7.69. The van der Waals surface area contributed by atoms with Gasteiger partial charge in [-0.3, -0.25) is 4.99 Å². The Morgan fingerprint density at radius 1 is 1.20 bits per heavy atom. The summed E-state index contributed by atoms with van der Waals surface area (Å²) in [4.78, 5) is 9.83. The summed E-state index contributed by atoms with van der Waals surface area (Å²) in [6, 6.07) is 8.42. The number of rotatable bonds is 6. The second-order valence-electron chi connectivity index (χ2n) is 6.86. The van der Waals surface area contributed by atoms with E-state index in [1.807, 2.05) is 6.20 Å². The molecule has 0 fully saturated rings. The van der Waals surface area contributed by atoms with Crippen molar-refractivity contribution >= 4 is 17.3 Å². The van der Waals surface area contributed by atoms with Crippen LogP contribution in [0.5, 0.6) is 0 Å².